The van der Waals surface area contributed by atoms with E-state index in [2.05, 4.69) is 0 Å². The first kappa shape index (κ1) is 11.5. The molecule has 0 saturated carbocycles. The Labute approximate surface area is 100 Å². The predicted octanol–water partition coefficient (Wildman–Crippen LogP) is 1.31. The summed E-state index contributed by atoms with van der Waals surface area (Å²) in [4.78, 5) is 22.3. The molecule has 4 nitrogen and oxygen atoms in total. The standard InChI is InChI=1S/C13H14N2O2/c1-11(16)15-13(17)10-14(15)9-5-8-12-6-3-2-4-7-12/h2-8H,9-10H2,1H3. The van der Waals surface area contributed by atoms with E-state index in [1.165, 1.54) is 11.9 Å². The van der Waals surface area contributed by atoms with Gasteiger partial charge >= 0.3 is 0 Å². The fourth-order valence-corrected chi connectivity index (χ4v) is 1.77. The fourth-order valence-electron chi connectivity index (χ4n) is 1.77. The van der Waals surface area contributed by atoms with Crippen molar-refractivity contribution in [3.05, 3.63) is 42.0 Å². The van der Waals surface area contributed by atoms with Crippen LogP contribution in [0.4, 0.5) is 0 Å². The van der Waals surface area contributed by atoms with Gasteiger partial charge in [0, 0.05) is 13.5 Å². The van der Waals surface area contributed by atoms with Crippen molar-refractivity contribution in [3.63, 3.8) is 0 Å². The minimum atomic E-state index is -0.227. The second-order valence-corrected chi connectivity index (χ2v) is 3.88. The van der Waals surface area contributed by atoms with Crippen LogP contribution in [0.25, 0.3) is 6.08 Å². The second-order valence-electron chi connectivity index (χ2n) is 3.88. The molecule has 0 aromatic heterocycles. The summed E-state index contributed by atoms with van der Waals surface area (Å²) < 4.78 is 0. The average Bonchev–Trinajstić information content (AvgIpc) is 2.28. The van der Waals surface area contributed by atoms with E-state index in [-0.39, 0.29) is 11.8 Å². The van der Waals surface area contributed by atoms with Crippen LogP contribution in [-0.2, 0) is 9.59 Å². The summed E-state index contributed by atoms with van der Waals surface area (Å²) in [5.74, 6) is -0.361. The maximum Gasteiger partial charge on any atom is 0.260 e. The molecule has 0 atom stereocenters. The number of amides is 2. The van der Waals surface area contributed by atoms with Crippen LogP contribution < -0.4 is 0 Å². The third kappa shape index (κ3) is 2.60. The molecular formula is C13H14N2O2. The maximum absolute atomic E-state index is 11.2. The van der Waals surface area contributed by atoms with E-state index in [0.717, 1.165) is 5.56 Å². The molecule has 1 saturated heterocycles. The minimum Gasteiger partial charge on any atom is -0.273 e. The summed E-state index contributed by atoms with van der Waals surface area (Å²) in [6.45, 7) is 2.28. The van der Waals surface area contributed by atoms with Crippen molar-refractivity contribution < 1.29 is 9.59 Å². The zero-order chi connectivity index (χ0) is 12.3. The van der Waals surface area contributed by atoms with Gasteiger partial charge in [-0.1, -0.05) is 42.5 Å². The van der Waals surface area contributed by atoms with E-state index in [4.69, 9.17) is 0 Å². The average molecular weight is 230 g/mol. The summed E-state index contributed by atoms with van der Waals surface area (Å²) in [7, 11) is 0. The van der Waals surface area contributed by atoms with Gasteiger partial charge in [-0.3, -0.25) is 9.59 Å². The zero-order valence-electron chi connectivity index (χ0n) is 9.67. The molecule has 0 aliphatic carbocycles. The van der Waals surface area contributed by atoms with Crippen molar-refractivity contribution >= 4 is 17.9 Å². The van der Waals surface area contributed by atoms with Gasteiger partial charge in [-0.15, -0.1) is 0 Å². The van der Waals surface area contributed by atoms with Crippen LogP contribution in [-0.4, -0.2) is 34.9 Å². The van der Waals surface area contributed by atoms with Crippen molar-refractivity contribution in [1.82, 2.24) is 10.0 Å². The van der Waals surface area contributed by atoms with Crippen LogP contribution in [0.2, 0.25) is 0 Å². The van der Waals surface area contributed by atoms with E-state index >= 15 is 0 Å². The fraction of sp³-hybridized carbons (Fsp3) is 0.231. The Morgan fingerprint density at radius 2 is 2.06 bits per heavy atom. The highest BCUT2D eigenvalue weighted by molar-refractivity contribution is 5.98. The summed E-state index contributed by atoms with van der Waals surface area (Å²) in [5, 5.41) is 2.89. The molecule has 0 unspecified atom stereocenters. The van der Waals surface area contributed by atoms with Crippen molar-refractivity contribution in [1.29, 1.82) is 0 Å². The number of benzene rings is 1. The normalized spacial score (nSPS) is 16.3. The van der Waals surface area contributed by atoms with E-state index in [1.807, 2.05) is 42.5 Å². The van der Waals surface area contributed by atoms with Crippen molar-refractivity contribution in [2.24, 2.45) is 0 Å². The molecule has 1 fully saturated rings. The van der Waals surface area contributed by atoms with Gasteiger partial charge in [-0.25, -0.2) is 5.01 Å². The topological polar surface area (TPSA) is 40.6 Å². The second kappa shape index (κ2) is 4.93. The predicted molar refractivity (Wildman–Crippen MR) is 64.6 cm³/mol. The molecule has 0 N–H and O–H groups in total. The van der Waals surface area contributed by atoms with Crippen molar-refractivity contribution in [2.75, 3.05) is 13.1 Å². The first-order valence-electron chi connectivity index (χ1n) is 5.48. The van der Waals surface area contributed by atoms with E-state index in [0.29, 0.717) is 13.1 Å². The number of nitrogens with zero attached hydrogens (tertiary/aromatic N) is 2. The highest BCUT2D eigenvalue weighted by Gasteiger charge is 2.35. The van der Waals surface area contributed by atoms with Crippen LogP contribution in [0.3, 0.4) is 0 Å². The number of hydrogen-bond donors (Lipinski definition) is 0. The highest BCUT2D eigenvalue weighted by atomic mass is 16.2. The lowest BCUT2D eigenvalue weighted by molar-refractivity contribution is -0.182. The molecular weight excluding hydrogens is 216 g/mol. The van der Waals surface area contributed by atoms with Gasteiger partial charge in [0.2, 0.25) is 5.91 Å². The zero-order valence-corrected chi connectivity index (χ0v) is 9.67. The van der Waals surface area contributed by atoms with Crippen LogP contribution in [0.15, 0.2) is 36.4 Å². The van der Waals surface area contributed by atoms with Crippen LogP contribution >= 0.6 is 0 Å². The Balaban J connectivity index is 1.89. The molecule has 0 radical (unpaired) electrons. The third-order valence-electron chi connectivity index (χ3n) is 2.56. The Morgan fingerprint density at radius 3 is 2.65 bits per heavy atom. The number of hydrogen-bond acceptors (Lipinski definition) is 3. The molecule has 1 heterocycles. The molecule has 0 spiro atoms. The van der Waals surface area contributed by atoms with Crippen LogP contribution in [0, 0.1) is 0 Å². The molecule has 1 aliphatic rings. The lowest BCUT2D eigenvalue weighted by Gasteiger charge is -2.40. The summed E-state index contributed by atoms with van der Waals surface area (Å²) in [6, 6.07) is 9.90. The quantitative estimate of drug-likeness (QED) is 0.786. The smallest absolute Gasteiger partial charge is 0.260 e. The van der Waals surface area contributed by atoms with Gasteiger partial charge < -0.3 is 0 Å². The van der Waals surface area contributed by atoms with E-state index < -0.39 is 0 Å². The number of hydrazine groups is 1. The molecule has 1 aliphatic heterocycles. The third-order valence-corrected chi connectivity index (χ3v) is 2.56. The van der Waals surface area contributed by atoms with Crippen molar-refractivity contribution in [3.8, 4) is 0 Å². The van der Waals surface area contributed by atoms with Crippen molar-refractivity contribution in [2.45, 2.75) is 6.92 Å². The molecule has 88 valence electrons. The summed E-state index contributed by atoms with van der Waals surface area (Å²) in [6.07, 6.45) is 3.92. The van der Waals surface area contributed by atoms with Gasteiger partial charge in [0.15, 0.2) is 0 Å². The largest absolute Gasteiger partial charge is 0.273 e. The van der Waals surface area contributed by atoms with Crippen LogP contribution in [0.1, 0.15) is 12.5 Å². The maximum atomic E-state index is 11.2. The Morgan fingerprint density at radius 1 is 1.35 bits per heavy atom. The van der Waals surface area contributed by atoms with E-state index in [1.54, 1.807) is 5.01 Å². The summed E-state index contributed by atoms with van der Waals surface area (Å²) >= 11 is 0. The van der Waals surface area contributed by atoms with Gasteiger partial charge in [0.1, 0.15) is 6.54 Å². The Kier molecular flexibility index (Phi) is 3.35. The van der Waals surface area contributed by atoms with E-state index in [9.17, 15) is 9.59 Å². The highest BCUT2D eigenvalue weighted by Crippen LogP contribution is 2.12. The molecule has 0 bridgehead atoms. The van der Waals surface area contributed by atoms with Crippen LogP contribution in [0.5, 0.6) is 0 Å². The lowest BCUT2D eigenvalue weighted by atomic mass is 10.2. The minimum absolute atomic E-state index is 0.134. The Bertz CT molecular complexity index is 446. The van der Waals surface area contributed by atoms with Gasteiger partial charge in [-0.2, -0.15) is 5.01 Å². The number of rotatable bonds is 3. The SMILES string of the molecule is CC(=O)N1C(=O)CN1CC=Cc1ccccc1. The first-order valence-corrected chi connectivity index (χ1v) is 5.48. The molecule has 1 aromatic rings. The van der Waals surface area contributed by atoms with Gasteiger partial charge in [0.25, 0.3) is 5.91 Å². The molecule has 4 heteroatoms. The Hall–Kier alpha value is -1.94. The molecule has 2 amide bonds. The van der Waals surface area contributed by atoms with Gasteiger partial charge in [-0.05, 0) is 5.56 Å². The number of imide groups is 1. The first-order chi connectivity index (χ1) is 8.18. The monoisotopic (exact) mass is 230 g/mol. The number of carbonyl (C=O) groups is 2. The number of carbonyl (C=O) groups excluding carboxylic acids is 2. The van der Waals surface area contributed by atoms with Gasteiger partial charge in [0.05, 0.1) is 0 Å². The molecule has 17 heavy (non-hydrogen) atoms. The molecule has 2 rings (SSSR count). The lowest BCUT2D eigenvalue weighted by Crippen LogP contribution is -2.63. The molecule has 1 aromatic carbocycles. The summed E-state index contributed by atoms with van der Waals surface area (Å²) in [5.41, 5.74) is 1.11.